The van der Waals surface area contributed by atoms with Gasteiger partial charge < -0.3 is 10.2 Å². The average Bonchev–Trinajstić information content (AvgIpc) is 3.27. The minimum Gasteiger partial charge on any atom is -0.367 e. The molecular weight excluding hydrogens is 392 g/mol. The summed E-state index contributed by atoms with van der Waals surface area (Å²) in [6, 6.07) is 12.4. The molecule has 2 aromatic heterocycles. The van der Waals surface area contributed by atoms with E-state index in [0.717, 1.165) is 30.9 Å². The molecule has 3 heterocycles. The lowest BCUT2D eigenvalue weighted by Crippen LogP contribution is -2.29. The van der Waals surface area contributed by atoms with E-state index in [1.54, 1.807) is 0 Å². The van der Waals surface area contributed by atoms with Crippen molar-refractivity contribution in [3.05, 3.63) is 63.6 Å². The largest absolute Gasteiger partial charge is 0.367 e. The molecule has 6 heteroatoms. The number of thiophene rings is 1. The monoisotopic (exact) mass is 420 g/mol. The van der Waals surface area contributed by atoms with Gasteiger partial charge in [0.1, 0.15) is 5.69 Å². The first kappa shape index (κ1) is 19.4. The van der Waals surface area contributed by atoms with Crippen LogP contribution >= 0.6 is 11.3 Å². The summed E-state index contributed by atoms with van der Waals surface area (Å²) in [4.78, 5) is 17.0. The molecule has 1 saturated carbocycles. The third kappa shape index (κ3) is 3.76. The molecule has 0 atom stereocenters. The van der Waals surface area contributed by atoms with Crippen LogP contribution in [0.4, 0.5) is 11.4 Å². The van der Waals surface area contributed by atoms with Crippen LogP contribution in [-0.2, 0) is 18.5 Å². The number of rotatable bonds is 4. The Bertz CT molecular complexity index is 1070. The summed E-state index contributed by atoms with van der Waals surface area (Å²) in [5, 5.41) is 10.00. The maximum atomic E-state index is 13.1. The van der Waals surface area contributed by atoms with Crippen molar-refractivity contribution in [3.63, 3.8) is 0 Å². The fourth-order valence-corrected chi connectivity index (χ4v) is 4.96. The van der Waals surface area contributed by atoms with Gasteiger partial charge in [0.05, 0.1) is 11.2 Å². The van der Waals surface area contributed by atoms with Gasteiger partial charge in [0.15, 0.2) is 0 Å². The fraction of sp³-hybridized carbons (Fsp3) is 0.417. The van der Waals surface area contributed by atoms with E-state index in [1.165, 1.54) is 29.0 Å². The van der Waals surface area contributed by atoms with Crippen LogP contribution < -0.4 is 10.2 Å². The van der Waals surface area contributed by atoms with Gasteiger partial charge in [-0.25, -0.2) is 0 Å². The first-order chi connectivity index (χ1) is 14.4. The Morgan fingerprint density at radius 2 is 1.93 bits per heavy atom. The molecule has 0 radical (unpaired) electrons. The van der Waals surface area contributed by atoms with Gasteiger partial charge >= 0.3 is 0 Å². The lowest BCUT2D eigenvalue weighted by molar-refractivity contribution is 0.100. The Morgan fingerprint density at radius 1 is 1.17 bits per heavy atom. The summed E-state index contributed by atoms with van der Waals surface area (Å²) >= 11 is 1.86. The maximum absolute atomic E-state index is 13.1. The van der Waals surface area contributed by atoms with Crippen LogP contribution in [0.5, 0.6) is 0 Å². The smallest absolute Gasteiger partial charge is 0.273 e. The number of anilines is 2. The van der Waals surface area contributed by atoms with E-state index < -0.39 is 0 Å². The van der Waals surface area contributed by atoms with Crippen molar-refractivity contribution in [1.29, 1.82) is 0 Å². The van der Waals surface area contributed by atoms with Crippen molar-refractivity contribution in [2.75, 3.05) is 16.8 Å². The third-order valence-corrected chi connectivity index (χ3v) is 6.91. The average molecular weight is 421 g/mol. The molecule has 0 saturated heterocycles. The molecule has 156 valence electrons. The first-order valence-corrected chi connectivity index (χ1v) is 11.6. The fourth-order valence-electron chi connectivity index (χ4n) is 4.07. The van der Waals surface area contributed by atoms with Crippen LogP contribution in [0.3, 0.4) is 0 Å². The first-order valence-electron chi connectivity index (χ1n) is 10.7. The van der Waals surface area contributed by atoms with Crippen molar-refractivity contribution >= 4 is 28.6 Å². The second-order valence-corrected chi connectivity index (χ2v) is 10.4. The van der Waals surface area contributed by atoms with E-state index in [9.17, 15) is 4.79 Å². The van der Waals surface area contributed by atoms with Gasteiger partial charge in [-0.15, -0.1) is 11.3 Å². The van der Waals surface area contributed by atoms with Gasteiger partial charge in [-0.05, 0) is 87.4 Å². The van der Waals surface area contributed by atoms with Crippen molar-refractivity contribution < 1.29 is 4.79 Å². The zero-order chi connectivity index (χ0) is 20.9. The molecule has 0 bridgehead atoms. The number of carbonyl (C=O) groups excluding carboxylic acids is 1. The van der Waals surface area contributed by atoms with Crippen molar-refractivity contribution in [3.8, 4) is 0 Å². The van der Waals surface area contributed by atoms with Crippen LogP contribution in [0.1, 0.15) is 66.2 Å². The Hall–Kier alpha value is -2.60. The van der Waals surface area contributed by atoms with Gasteiger partial charge in [0.25, 0.3) is 5.91 Å². The van der Waals surface area contributed by atoms with Crippen LogP contribution in [0.25, 0.3) is 0 Å². The molecule has 1 N–H and O–H groups in total. The molecule has 1 aliphatic heterocycles. The molecule has 5 nitrogen and oxygen atoms in total. The van der Waals surface area contributed by atoms with Crippen molar-refractivity contribution in [1.82, 2.24) is 9.78 Å². The minimum atomic E-state index is -0.238. The molecule has 5 rings (SSSR count). The van der Waals surface area contributed by atoms with Gasteiger partial charge in [0, 0.05) is 35.3 Å². The van der Waals surface area contributed by atoms with E-state index in [0.29, 0.717) is 11.6 Å². The Morgan fingerprint density at radius 3 is 2.63 bits per heavy atom. The predicted octanol–water partition coefficient (Wildman–Crippen LogP) is 5.39. The van der Waals surface area contributed by atoms with Gasteiger partial charge in [-0.3, -0.25) is 9.48 Å². The lowest BCUT2D eigenvalue weighted by atomic mass is 10.1. The normalized spacial score (nSPS) is 16.4. The summed E-state index contributed by atoms with van der Waals surface area (Å²) in [5.41, 5.74) is 4.88. The van der Waals surface area contributed by atoms with Crippen LogP contribution in [0, 0.1) is 0 Å². The number of fused-ring (bicyclic) bond motifs is 1. The number of amides is 1. The summed E-state index contributed by atoms with van der Waals surface area (Å²) < 4.78 is 1.87. The molecule has 1 aliphatic carbocycles. The number of aromatic nitrogens is 2. The number of nitrogens with zero attached hydrogens (tertiary/aromatic N) is 3. The highest BCUT2D eigenvalue weighted by molar-refractivity contribution is 7.10. The third-order valence-electron chi connectivity index (χ3n) is 5.89. The molecule has 3 aromatic rings. The highest BCUT2D eigenvalue weighted by Crippen LogP contribution is 2.40. The zero-order valence-electron chi connectivity index (χ0n) is 17.8. The second-order valence-electron chi connectivity index (χ2n) is 9.35. The molecule has 1 amide bonds. The van der Waals surface area contributed by atoms with E-state index in [1.807, 2.05) is 34.2 Å². The summed E-state index contributed by atoms with van der Waals surface area (Å²) in [6.07, 6.45) is 3.45. The molecule has 1 fully saturated rings. The topological polar surface area (TPSA) is 50.2 Å². The summed E-state index contributed by atoms with van der Waals surface area (Å²) in [6.45, 7) is 8.24. The van der Waals surface area contributed by atoms with Gasteiger partial charge in [0.2, 0.25) is 0 Å². The number of nitrogens with one attached hydrogen (secondary N) is 1. The quantitative estimate of drug-likeness (QED) is 0.615. The zero-order valence-corrected chi connectivity index (χ0v) is 18.6. The number of carbonyl (C=O) groups is 1. The van der Waals surface area contributed by atoms with Crippen molar-refractivity contribution in [2.24, 2.45) is 0 Å². The number of benzene rings is 1. The lowest BCUT2D eigenvalue weighted by Gasteiger charge is -2.29. The SMILES string of the molecule is CC(C)(C)n1nc(C2CC2)cc1C(=O)Nc1ccc(N2CCc3sccc3C2)cc1. The summed E-state index contributed by atoms with van der Waals surface area (Å²) in [5.74, 6) is 0.422. The van der Waals surface area contributed by atoms with Crippen LogP contribution in [0.2, 0.25) is 0 Å². The van der Waals surface area contributed by atoms with E-state index in [4.69, 9.17) is 5.10 Å². The molecule has 0 unspecified atom stereocenters. The predicted molar refractivity (Wildman–Crippen MR) is 123 cm³/mol. The summed E-state index contributed by atoms with van der Waals surface area (Å²) in [7, 11) is 0. The molecular formula is C24H28N4OS. The van der Waals surface area contributed by atoms with Gasteiger partial charge in [-0.2, -0.15) is 5.10 Å². The van der Waals surface area contributed by atoms with E-state index in [-0.39, 0.29) is 11.4 Å². The minimum absolute atomic E-state index is 0.0991. The molecule has 30 heavy (non-hydrogen) atoms. The molecule has 0 spiro atoms. The maximum Gasteiger partial charge on any atom is 0.273 e. The molecule has 2 aliphatic rings. The Labute approximate surface area is 181 Å². The van der Waals surface area contributed by atoms with E-state index >= 15 is 0 Å². The van der Waals surface area contributed by atoms with Crippen LogP contribution in [0.15, 0.2) is 41.8 Å². The molecule has 1 aromatic carbocycles. The second kappa shape index (κ2) is 7.27. The Balaban J connectivity index is 1.31. The highest BCUT2D eigenvalue weighted by Gasteiger charge is 2.31. The number of hydrogen-bond acceptors (Lipinski definition) is 4. The standard InChI is InChI=1S/C24H28N4OS/c1-24(2,3)28-21(14-20(26-28)16-4-5-16)23(29)25-18-6-8-19(9-7-18)27-12-10-22-17(15-27)11-13-30-22/h6-9,11,13-14,16H,4-5,10,12,15H2,1-3H3,(H,25,29). The van der Waals surface area contributed by atoms with E-state index in [2.05, 4.69) is 54.6 Å². The van der Waals surface area contributed by atoms with Gasteiger partial charge in [-0.1, -0.05) is 0 Å². The Kier molecular flexibility index (Phi) is 4.69. The number of hydrogen-bond donors (Lipinski definition) is 1. The van der Waals surface area contributed by atoms with Crippen molar-refractivity contribution in [2.45, 2.75) is 58.0 Å². The highest BCUT2D eigenvalue weighted by atomic mass is 32.1. The van der Waals surface area contributed by atoms with Crippen LogP contribution in [-0.4, -0.2) is 22.2 Å².